The summed E-state index contributed by atoms with van der Waals surface area (Å²) in [5, 5.41) is 3.20. The van der Waals surface area contributed by atoms with Crippen molar-refractivity contribution in [3.63, 3.8) is 0 Å². The highest BCUT2D eigenvalue weighted by Crippen LogP contribution is 2.20. The standard InChI is InChI=1S/C10H9Cl2NO/c1-6-5-8(12)3-4-9(6)13-10(14)7(2)11/h3-5H,2H2,1H3,(H,13,14). The first kappa shape index (κ1) is 11.1. The average molecular weight is 230 g/mol. The van der Waals surface area contributed by atoms with Gasteiger partial charge in [-0.25, -0.2) is 0 Å². The first-order valence-electron chi connectivity index (χ1n) is 3.92. The minimum atomic E-state index is -0.405. The van der Waals surface area contributed by atoms with Crippen molar-refractivity contribution in [2.24, 2.45) is 0 Å². The van der Waals surface area contributed by atoms with E-state index in [0.717, 1.165) is 5.56 Å². The maximum absolute atomic E-state index is 11.2. The van der Waals surface area contributed by atoms with Crippen LogP contribution in [0, 0.1) is 6.92 Å². The van der Waals surface area contributed by atoms with Gasteiger partial charge in [0.05, 0.1) is 5.03 Å². The Morgan fingerprint density at radius 3 is 2.64 bits per heavy atom. The smallest absolute Gasteiger partial charge is 0.266 e. The number of halogens is 2. The molecule has 74 valence electrons. The van der Waals surface area contributed by atoms with Gasteiger partial charge >= 0.3 is 0 Å². The molecule has 0 fully saturated rings. The molecule has 1 amide bonds. The molecule has 0 saturated carbocycles. The van der Waals surface area contributed by atoms with Gasteiger partial charge in [0.2, 0.25) is 0 Å². The lowest BCUT2D eigenvalue weighted by atomic mass is 10.2. The van der Waals surface area contributed by atoms with E-state index in [1.54, 1.807) is 18.2 Å². The summed E-state index contributed by atoms with van der Waals surface area (Å²) in [6, 6.07) is 5.17. The predicted molar refractivity (Wildman–Crippen MR) is 59.8 cm³/mol. The van der Waals surface area contributed by atoms with Crippen molar-refractivity contribution in [3.05, 3.63) is 40.4 Å². The Hall–Kier alpha value is -0.990. The third-order valence-electron chi connectivity index (χ3n) is 1.68. The normalized spacial score (nSPS) is 9.64. The number of amides is 1. The fourth-order valence-electron chi connectivity index (χ4n) is 0.957. The zero-order valence-electron chi connectivity index (χ0n) is 7.60. The fraction of sp³-hybridized carbons (Fsp3) is 0.100. The van der Waals surface area contributed by atoms with Crippen LogP contribution in [0.25, 0.3) is 0 Å². The molecular weight excluding hydrogens is 221 g/mol. The highest BCUT2D eigenvalue weighted by atomic mass is 35.5. The van der Waals surface area contributed by atoms with Crippen LogP contribution in [0.3, 0.4) is 0 Å². The van der Waals surface area contributed by atoms with E-state index in [1.165, 1.54) is 0 Å². The van der Waals surface area contributed by atoms with Crippen molar-refractivity contribution < 1.29 is 4.79 Å². The molecule has 1 N–H and O–H groups in total. The van der Waals surface area contributed by atoms with E-state index in [2.05, 4.69) is 11.9 Å². The molecule has 0 heterocycles. The summed E-state index contributed by atoms with van der Waals surface area (Å²) in [6.07, 6.45) is 0. The summed E-state index contributed by atoms with van der Waals surface area (Å²) >= 11 is 11.2. The van der Waals surface area contributed by atoms with Gasteiger partial charge < -0.3 is 5.32 Å². The van der Waals surface area contributed by atoms with Gasteiger partial charge in [0.1, 0.15) is 0 Å². The van der Waals surface area contributed by atoms with Crippen molar-refractivity contribution in [3.8, 4) is 0 Å². The first-order chi connectivity index (χ1) is 6.50. The van der Waals surface area contributed by atoms with E-state index in [1.807, 2.05) is 6.92 Å². The molecule has 4 heteroatoms. The Morgan fingerprint density at radius 2 is 2.14 bits per heavy atom. The lowest BCUT2D eigenvalue weighted by Gasteiger charge is -2.07. The van der Waals surface area contributed by atoms with E-state index in [9.17, 15) is 4.79 Å². The molecule has 0 aliphatic carbocycles. The number of anilines is 1. The van der Waals surface area contributed by atoms with Gasteiger partial charge in [0, 0.05) is 10.7 Å². The van der Waals surface area contributed by atoms with Gasteiger partial charge in [-0.15, -0.1) is 0 Å². The van der Waals surface area contributed by atoms with Crippen LogP contribution < -0.4 is 5.32 Å². The van der Waals surface area contributed by atoms with Crippen molar-refractivity contribution in [2.45, 2.75) is 6.92 Å². The summed E-state index contributed by atoms with van der Waals surface area (Å²) in [6.45, 7) is 5.17. The molecular formula is C10H9Cl2NO. The third kappa shape index (κ3) is 2.76. The molecule has 1 rings (SSSR count). The number of hydrogen-bond donors (Lipinski definition) is 1. The van der Waals surface area contributed by atoms with Crippen LogP contribution >= 0.6 is 23.2 Å². The monoisotopic (exact) mass is 229 g/mol. The van der Waals surface area contributed by atoms with E-state index in [0.29, 0.717) is 10.7 Å². The molecule has 0 unspecified atom stereocenters. The molecule has 14 heavy (non-hydrogen) atoms. The topological polar surface area (TPSA) is 29.1 Å². The van der Waals surface area contributed by atoms with Gasteiger partial charge in [-0.05, 0) is 30.7 Å². The molecule has 0 atom stereocenters. The molecule has 0 radical (unpaired) electrons. The quantitative estimate of drug-likeness (QED) is 0.775. The van der Waals surface area contributed by atoms with Crippen LogP contribution in [-0.4, -0.2) is 5.91 Å². The molecule has 0 spiro atoms. The minimum absolute atomic E-state index is 0.0423. The van der Waals surface area contributed by atoms with Crippen LogP contribution in [0.1, 0.15) is 5.56 Å². The van der Waals surface area contributed by atoms with E-state index < -0.39 is 5.91 Å². The van der Waals surface area contributed by atoms with Crippen LogP contribution in [0.5, 0.6) is 0 Å². The predicted octanol–water partition coefficient (Wildman–Crippen LogP) is 3.34. The Kier molecular flexibility index (Phi) is 3.55. The Morgan fingerprint density at radius 1 is 1.50 bits per heavy atom. The fourth-order valence-corrected chi connectivity index (χ4v) is 1.23. The van der Waals surface area contributed by atoms with Crippen LogP contribution in [0.4, 0.5) is 5.69 Å². The minimum Gasteiger partial charge on any atom is -0.321 e. The third-order valence-corrected chi connectivity index (χ3v) is 2.09. The number of carbonyl (C=O) groups is 1. The van der Waals surface area contributed by atoms with Crippen molar-refractivity contribution in [1.82, 2.24) is 0 Å². The van der Waals surface area contributed by atoms with E-state index >= 15 is 0 Å². The summed E-state index contributed by atoms with van der Waals surface area (Å²) in [4.78, 5) is 11.2. The number of hydrogen-bond acceptors (Lipinski definition) is 1. The molecule has 2 nitrogen and oxygen atoms in total. The summed E-state index contributed by atoms with van der Waals surface area (Å²) < 4.78 is 0. The molecule has 0 aliphatic heterocycles. The molecule has 1 aromatic rings. The lowest BCUT2D eigenvalue weighted by molar-refractivity contribution is -0.112. The second-order valence-electron chi connectivity index (χ2n) is 2.82. The highest BCUT2D eigenvalue weighted by molar-refractivity contribution is 6.43. The van der Waals surface area contributed by atoms with E-state index in [-0.39, 0.29) is 5.03 Å². The maximum atomic E-state index is 11.2. The second-order valence-corrected chi connectivity index (χ2v) is 3.71. The van der Waals surface area contributed by atoms with Gasteiger partial charge in [0.25, 0.3) is 5.91 Å². The van der Waals surface area contributed by atoms with Crippen LogP contribution in [0.2, 0.25) is 5.02 Å². The Bertz CT molecular complexity index is 388. The molecule has 0 bridgehead atoms. The van der Waals surface area contributed by atoms with Crippen molar-refractivity contribution in [2.75, 3.05) is 5.32 Å². The van der Waals surface area contributed by atoms with Crippen molar-refractivity contribution >= 4 is 34.8 Å². The van der Waals surface area contributed by atoms with Gasteiger partial charge in [-0.2, -0.15) is 0 Å². The van der Waals surface area contributed by atoms with E-state index in [4.69, 9.17) is 23.2 Å². The van der Waals surface area contributed by atoms with Gasteiger partial charge in [-0.1, -0.05) is 29.8 Å². The summed E-state index contributed by atoms with van der Waals surface area (Å²) in [5.41, 5.74) is 1.56. The SMILES string of the molecule is C=C(Cl)C(=O)Nc1ccc(Cl)cc1C. The zero-order valence-corrected chi connectivity index (χ0v) is 9.12. The van der Waals surface area contributed by atoms with Gasteiger partial charge in [0.15, 0.2) is 0 Å². The largest absolute Gasteiger partial charge is 0.321 e. The average Bonchev–Trinajstić information content (AvgIpc) is 2.09. The molecule has 1 aromatic carbocycles. The highest BCUT2D eigenvalue weighted by Gasteiger charge is 2.06. The number of nitrogens with one attached hydrogen (secondary N) is 1. The molecule has 0 aliphatic rings. The number of rotatable bonds is 2. The second kappa shape index (κ2) is 4.49. The number of aryl methyl sites for hydroxylation is 1. The van der Waals surface area contributed by atoms with Crippen LogP contribution in [0.15, 0.2) is 29.8 Å². The van der Waals surface area contributed by atoms with Crippen LogP contribution in [-0.2, 0) is 4.79 Å². The zero-order chi connectivity index (χ0) is 10.7. The molecule has 0 saturated heterocycles. The molecule has 0 aromatic heterocycles. The summed E-state index contributed by atoms with van der Waals surface area (Å²) in [5.74, 6) is -0.405. The summed E-state index contributed by atoms with van der Waals surface area (Å²) in [7, 11) is 0. The Labute approximate surface area is 92.5 Å². The number of carbonyl (C=O) groups excluding carboxylic acids is 1. The first-order valence-corrected chi connectivity index (χ1v) is 4.68. The van der Waals surface area contributed by atoms with Crippen molar-refractivity contribution in [1.29, 1.82) is 0 Å². The lowest BCUT2D eigenvalue weighted by Crippen LogP contribution is -2.11. The number of benzene rings is 1. The Balaban J connectivity index is 2.87. The van der Waals surface area contributed by atoms with Gasteiger partial charge in [-0.3, -0.25) is 4.79 Å². The maximum Gasteiger partial charge on any atom is 0.266 e.